The lowest BCUT2D eigenvalue weighted by Crippen LogP contribution is -2.46. The third-order valence-corrected chi connectivity index (χ3v) is 3.78. The standard InChI is InChI=1S/C12H20F4O6S/c1-3-22-10(17)9(2)8-21-7-5-4-6-11(13,14)12(15,16)23(18,19)20/h9H,3-8H2,1-2H3,(H,18,19,20). The fourth-order valence-corrected chi connectivity index (χ4v) is 1.98. The van der Waals surface area contributed by atoms with E-state index in [9.17, 15) is 30.8 Å². The van der Waals surface area contributed by atoms with Gasteiger partial charge in [-0.25, -0.2) is 0 Å². The molecule has 0 saturated heterocycles. The zero-order valence-electron chi connectivity index (χ0n) is 12.7. The molecule has 0 fully saturated rings. The van der Waals surface area contributed by atoms with Gasteiger partial charge in [-0.05, 0) is 26.7 Å². The minimum atomic E-state index is -6.20. The molecule has 1 N–H and O–H groups in total. The molecule has 0 radical (unpaired) electrons. The molecule has 11 heteroatoms. The minimum Gasteiger partial charge on any atom is -0.466 e. The third kappa shape index (κ3) is 6.60. The Hall–Kier alpha value is -0.940. The van der Waals surface area contributed by atoms with E-state index in [1.54, 1.807) is 13.8 Å². The second-order valence-electron chi connectivity index (χ2n) is 4.88. The van der Waals surface area contributed by atoms with Crippen LogP contribution in [0.1, 0.15) is 33.1 Å². The summed E-state index contributed by atoms with van der Waals surface area (Å²) in [5.74, 6) is -5.93. The van der Waals surface area contributed by atoms with Crippen molar-refractivity contribution in [3.05, 3.63) is 0 Å². The van der Waals surface area contributed by atoms with Gasteiger partial charge in [0.1, 0.15) is 0 Å². The van der Waals surface area contributed by atoms with Crippen LogP contribution in [0.4, 0.5) is 17.6 Å². The summed E-state index contributed by atoms with van der Waals surface area (Å²) in [6, 6.07) is 0. The largest absolute Gasteiger partial charge is 0.466 e. The molecule has 0 spiro atoms. The zero-order valence-corrected chi connectivity index (χ0v) is 13.5. The van der Waals surface area contributed by atoms with Gasteiger partial charge in [-0.1, -0.05) is 0 Å². The van der Waals surface area contributed by atoms with Gasteiger partial charge in [0, 0.05) is 13.0 Å². The summed E-state index contributed by atoms with van der Waals surface area (Å²) >= 11 is 0. The summed E-state index contributed by atoms with van der Waals surface area (Å²) in [7, 11) is -6.20. The zero-order chi connectivity index (χ0) is 18.3. The van der Waals surface area contributed by atoms with Crippen LogP contribution in [-0.4, -0.2) is 49.9 Å². The van der Waals surface area contributed by atoms with Crippen molar-refractivity contribution in [2.24, 2.45) is 5.92 Å². The molecule has 1 unspecified atom stereocenters. The fourth-order valence-electron chi connectivity index (χ4n) is 1.50. The van der Waals surface area contributed by atoms with Gasteiger partial charge in [-0.2, -0.15) is 26.0 Å². The van der Waals surface area contributed by atoms with Crippen molar-refractivity contribution in [1.29, 1.82) is 0 Å². The SMILES string of the molecule is CCOC(=O)C(C)COCCCCC(F)(F)C(F)(F)S(=O)(=O)O. The lowest BCUT2D eigenvalue weighted by atomic mass is 10.1. The van der Waals surface area contributed by atoms with E-state index in [-0.39, 0.29) is 26.2 Å². The van der Waals surface area contributed by atoms with Crippen LogP contribution in [0, 0.1) is 5.92 Å². The first kappa shape index (κ1) is 22.1. The summed E-state index contributed by atoms with van der Waals surface area (Å²) in [4.78, 5) is 11.2. The van der Waals surface area contributed by atoms with Crippen molar-refractivity contribution >= 4 is 16.1 Å². The first-order chi connectivity index (χ1) is 10.4. The van der Waals surface area contributed by atoms with E-state index in [4.69, 9.17) is 14.0 Å². The predicted molar refractivity (Wildman–Crippen MR) is 71.9 cm³/mol. The summed E-state index contributed by atoms with van der Waals surface area (Å²) in [5, 5.41) is -5.54. The second-order valence-corrected chi connectivity index (χ2v) is 6.34. The predicted octanol–water partition coefficient (Wildman–Crippen LogP) is 2.49. The molecule has 0 heterocycles. The van der Waals surface area contributed by atoms with Crippen molar-refractivity contribution < 1.29 is 44.8 Å². The fraction of sp³-hybridized carbons (Fsp3) is 0.917. The van der Waals surface area contributed by atoms with E-state index in [0.29, 0.717) is 0 Å². The van der Waals surface area contributed by atoms with E-state index >= 15 is 0 Å². The first-order valence-corrected chi connectivity index (χ1v) is 8.28. The van der Waals surface area contributed by atoms with Crippen molar-refractivity contribution in [3.8, 4) is 0 Å². The molecule has 1 atom stereocenters. The van der Waals surface area contributed by atoms with Gasteiger partial charge in [0.2, 0.25) is 0 Å². The van der Waals surface area contributed by atoms with Crippen molar-refractivity contribution in [3.63, 3.8) is 0 Å². The molecular formula is C12H20F4O6S. The molecule has 0 aromatic heterocycles. The van der Waals surface area contributed by atoms with Crippen LogP contribution >= 0.6 is 0 Å². The maximum absolute atomic E-state index is 13.1. The Morgan fingerprint density at radius 3 is 2.26 bits per heavy atom. The van der Waals surface area contributed by atoms with E-state index in [0.717, 1.165) is 0 Å². The average molecular weight is 368 g/mol. The quantitative estimate of drug-likeness (QED) is 0.261. The third-order valence-electron chi connectivity index (χ3n) is 2.84. The number of rotatable bonds is 11. The molecule has 138 valence electrons. The Kier molecular flexibility index (Phi) is 8.43. The highest BCUT2D eigenvalue weighted by atomic mass is 32.2. The van der Waals surface area contributed by atoms with Gasteiger partial charge in [0.25, 0.3) is 0 Å². The molecule has 0 aromatic carbocycles. The van der Waals surface area contributed by atoms with Gasteiger partial charge >= 0.3 is 27.3 Å². The van der Waals surface area contributed by atoms with Crippen LogP contribution in [0.2, 0.25) is 0 Å². The van der Waals surface area contributed by atoms with Crippen LogP contribution in [0.5, 0.6) is 0 Å². The van der Waals surface area contributed by atoms with E-state index < -0.39 is 46.0 Å². The van der Waals surface area contributed by atoms with Crippen molar-refractivity contribution in [2.75, 3.05) is 19.8 Å². The van der Waals surface area contributed by atoms with Crippen LogP contribution in [0.25, 0.3) is 0 Å². The Bertz CT molecular complexity index is 480. The van der Waals surface area contributed by atoms with Crippen molar-refractivity contribution in [1.82, 2.24) is 0 Å². The molecule has 0 saturated carbocycles. The Morgan fingerprint density at radius 2 is 1.78 bits per heavy atom. The Morgan fingerprint density at radius 1 is 1.22 bits per heavy atom. The number of unbranched alkanes of at least 4 members (excludes halogenated alkanes) is 1. The van der Waals surface area contributed by atoms with Crippen LogP contribution in [0.15, 0.2) is 0 Å². The average Bonchev–Trinajstić information content (AvgIpc) is 2.41. The van der Waals surface area contributed by atoms with Crippen LogP contribution in [-0.2, 0) is 24.4 Å². The summed E-state index contributed by atoms with van der Waals surface area (Å²) < 4.78 is 90.5. The molecule has 0 rings (SSSR count). The van der Waals surface area contributed by atoms with Gasteiger partial charge in [-0.3, -0.25) is 9.35 Å². The molecular weight excluding hydrogens is 348 g/mol. The first-order valence-electron chi connectivity index (χ1n) is 6.84. The highest BCUT2D eigenvalue weighted by Crippen LogP contribution is 2.41. The van der Waals surface area contributed by atoms with Gasteiger partial charge in [0.05, 0.1) is 19.1 Å². The van der Waals surface area contributed by atoms with E-state index in [1.165, 1.54) is 0 Å². The number of ether oxygens (including phenoxy) is 2. The normalized spacial score (nSPS) is 14.6. The maximum atomic E-state index is 13.1. The Labute approximate surface area is 131 Å². The maximum Gasteiger partial charge on any atom is 0.431 e. The van der Waals surface area contributed by atoms with E-state index in [2.05, 4.69) is 0 Å². The molecule has 0 aliphatic carbocycles. The molecule has 0 aliphatic heterocycles. The highest BCUT2D eigenvalue weighted by molar-refractivity contribution is 7.87. The molecule has 0 aliphatic rings. The second kappa shape index (κ2) is 8.78. The number of halogens is 4. The highest BCUT2D eigenvalue weighted by Gasteiger charge is 2.64. The van der Waals surface area contributed by atoms with Gasteiger partial charge in [0.15, 0.2) is 0 Å². The summed E-state index contributed by atoms with van der Waals surface area (Å²) in [6.07, 6.45) is -1.94. The summed E-state index contributed by atoms with van der Waals surface area (Å²) in [5.41, 5.74) is 0. The molecule has 0 amide bonds. The topological polar surface area (TPSA) is 89.9 Å². The molecule has 23 heavy (non-hydrogen) atoms. The minimum absolute atomic E-state index is 0.0175. The number of carbonyl (C=O) groups excluding carboxylic acids is 1. The number of hydrogen-bond acceptors (Lipinski definition) is 5. The van der Waals surface area contributed by atoms with Crippen LogP contribution in [0.3, 0.4) is 0 Å². The van der Waals surface area contributed by atoms with Crippen LogP contribution < -0.4 is 0 Å². The number of carbonyl (C=O) groups is 1. The lowest BCUT2D eigenvalue weighted by molar-refractivity contribution is -0.165. The summed E-state index contributed by atoms with van der Waals surface area (Å²) in [6.45, 7) is 3.29. The molecule has 0 aromatic rings. The molecule has 0 bridgehead atoms. The van der Waals surface area contributed by atoms with Crippen molar-refractivity contribution in [2.45, 2.75) is 44.3 Å². The molecule has 6 nitrogen and oxygen atoms in total. The number of esters is 1. The van der Waals surface area contributed by atoms with Gasteiger partial charge < -0.3 is 9.47 Å². The number of hydrogen-bond donors (Lipinski definition) is 1. The van der Waals surface area contributed by atoms with Gasteiger partial charge in [-0.15, -0.1) is 0 Å². The Balaban J connectivity index is 4.11. The number of alkyl halides is 4. The smallest absolute Gasteiger partial charge is 0.431 e. The van der Waals surface area contributed by atoms with E-state index in [1.807, 2.05) is 0 Å². The monoisotopic (exact) mass is 368 g/mol. The lowest BCUT2D eigenvalue weighted by Gasteiger charge is -2.23.